The van der Waals surface area contributed by atoms with Gasteiger partial charge in [0.1, 0.15) is 0 Å². The SMILES string of the molecule is CCNC(=NCC1(C)CCCS1)NCCC(=O)N(C)Cc1ccccc1. The Hall–Kier alpha value is -1.69. The Balaban J connectivity index is 1.76. The Morgan fingerprint density at radius 2 is 2.08 bits per heavy atom. The number of hydrogen-bond acceptors (Lipinski definition) is 3. The summed E-state index contributed by atoms with van der Waals surface area (Å²) < 4.78 is 0.258. The standard InChI is InChI=1S/C20H32N4OS/c1-4-21-19(23-16-20(2)12-8-14-26-20)22-13-11-18(25)24(3)15-17-9-6-5-7-10-17/h5-7,9-10H,4,8,11-16H2,1-3H3,(H2,21,22,23). The number of carbonyl (C=O) groups is 1. The van der Waals surface area contributed by atoms with E-state index >= 15 is 0 Å². The highest BCUT2D eigenvalue weighted by atomic mass is 32.2. The zero-order chi connectivity index (χ0) is 18.8. The summed E-state index contributed by atoms with van der Waals surface area (Å²) in [5.41, 5.74) is 1.15. The molecule has 0 spiro atoms. The van der Waals surface area contributed by atoms with Crippen LogP contribution in [0.3, 0.4) is 0 Å². The first kappa shape index (κ1) is 20.6. The zero-order valence-electron chi connectivity index (χ0n) is 16.3. The predicted octanol–water partition coefficient (Wildman–Crippen LogP) is 2.88. The molecule has 0 aliphatic carbocycles. The fourth-order valence-corrected chi connectivity index (χ4v) is 4.20. The Morgan fingerprint density at radius 1 is 1.31 bits per heavy atom. The van der Waals surface area contributed by atoms with Crippen LogP contribution in [0.2, 0.25) is 0 Å². The fraction of sp³-hybridized carbons (Fsp3) is 0.600. The normalized spacial score (nSPS) is 20.0. The lowest BCUT2D eigenvalue weighted by Crippen LogP contribution is -2.40. The molecule has 1 atom stereocenters. The van der Waals surface area contributed by atoms with Crippen LogP contribution in [0.4, 0.5) is 0 Å². The summed E-state index contributed by atoms with van der Waals surface area (Å²) in [4.78, 5) is 18.8. The molecule has 5 nitrogen and oxygen atoms in total. The molecule has 0 radical (unpaired) electrons. The highest BCUT2D eigenvalue weighted by molar-refractivity contribution is 8.00. The lowest BCUT2D eigenvalue weighted by atomic mass is 10.1. The Bertz CT molecular complexity index is 585. The molecule has 1 heterocycles. The number of carbonyl (C=O) groups excluding carboxylic acids is 1. The van der Waals surface area contributed by atoms with E-state index in [0.29, 0.717) is 19.5 Å². The zero-order valence-corrected chi connectivity index (χ0v) is 17.1. The lowest BCUT2D eigenvalue weighted by Gasteiger charge is -2.21. The van der Waals surface area contributed by atoms with Crippen LogP contribution in [-0.4, -0.2) is 53.9 Å². The molecule has 2 rings (SSSR count). The van der Waals surface area contributed by atoms with E-state index in [9.17, 15) is 4.79 Å². The summed E-state index contributed by atoms with van der Waals surface area (Å²) in [6, 6.07) is 10.1. The average molecular weight is 377 g/mol. The second kappa shape index (κ2) is 10.5. The molecule has 1 aliphatic rings. The molecule has 2 N–H and O–H groups in total. The maximum absolute atomic E-state index is 12.3. The van der Waals surface area contributed by atoms with Crippen LogP contribution >= 0.6 is 11.8 Å². The molecule has 0 saturated carbocycles. The van der Waals surface area contributed by atoms with Crippen molar-refractivity contribution in [3.63, 3.8) is 0 Å². The van der Waals surface area contributed by atoms with Crippen molar-refractivity contribution in [3.05, 3.63) is 35.9 Å². The second-order valence-corrected chi connectivity index (χ2v) is 8.69. The van der Waals surface area contributed by atoms with Crippen LogP contribution in [-0.2, 0) is 11.3 Å². The summed E-state index contributed by atoms with van der Waals surface area (Å²) in [5.74, 6) is 2.17. The van der Waals surface area contributed by atoms with Gasteiger partial charge in [-0.2, -0.15) is 11.8 Å². The lowest BCUT2D eigenvalue weighted by molar-refractivity contribution is -0.130. The van der Waals surface area contributed by atoms with E-state index in [1.807, 2.05) is 49.1 Å². The number of aliphatic imine (C=N–C) groups is 1. The number of benzene rings is 1. The molecular formula is C20H32N4OS. The molecule has 1 aromatic rings. The van der Waals surface area contributed by atoms with Gasteiger partial charge in [-0.05, 0) is 38.0 Å². The molecule has 6 heteroatoms. The average Bonchev–Trinajstić information content (AvgIpc) is 3.07. The molecule has 144 valence electrons. The smallest absolute Gasteiger partial charge is 0.224 e. The van der Waals surface area contributed by atoms with Crippen molar-refractivity contribution < 1.29 is 4.79 Å². The summed E-state index contributed by atoms with van der Waals surface area (Å²) >= 11 is 2.01. The highest BCUT2D eigenvalue weighted by Crippen LogP contribution is 2.37. The molecular weight excluding hydrogens is 344 g/mol. The van der Waals surface area contributed by atoms with Crippen molar-refractivity contribution in [2.45, 2.75) is 44.4 Å². The maximum Gasteiger partial charge on any atom is 0.224 e. The minimum Gasteiger partial charge on any atom is -0.357 e. The Labute approximate surface area is 162 Å². The van der Waals surface area contributed by atoms with Gasteiger partial charge in [0, 0.05) is 37.8 Å². The number of nitrogens with one attached hydrogen (secondary N) is 2. The van der Waals surface area contributed by atoms with Gasteiger partial charge in [-0.25, -0.2) is 0 Å². The molecule has 1 amide bonds. The third-order valence-corrected chi connectivity index (χ3v) is 6.06. The van der Waals surface area contributed by atoms with E-state index in [2.05, 4.69) is 24.5 Å². The third kappa shape index (κ3) is 6.90. The van der Waals surface area contributed by atoms with Crippen LogP contribution in [0, 0.1) is 0 Å². The second-order valence-electron chi connectivity index (χ2n) is 7.01. The van der Waals surface area contributed by atoms with Crippen LogP contribution in [0.5, 0.6) is 0 Å². The molecule has 1 saturated heterocycles. The Kier molecular flexibility index (Phi) is 8.29. The predicted molar refractivity (Wildman–Crippen MR) is 112 cm³/mol. The molecule has 1 aromatic carbocycles. The van der Waals surface area contributed by atoms with E-state index in [1.54, 1.807) is 4.90 Å². The first-order valence-corrected chi connectivity index (χ1v) is 10.4. The highest BCUT2D eigenvalue weighted by Gasteiger charge is 2.29. The first-order valence-electron chi connectivity index (χ1n) is 9.46. The van der Waals surface area contributed by atoms with Crippen molar-refractivity contribution in [2.24, 2.45) is 4.99 Å². The van der Waals surface area contributed by atoms with Gasteiger partial charge < -0.3 is 15.5 Å². The minimum absolute atomic E-state index is 0.135. The van der Waals surface area contributed by atoms with Crippen molar-refractivity contribution in [1.29, 1.82) is 0 Å². The van der Waals surface area contributed by atoms with E-state index < -0.39 is 0 Å². The minimum atomic E-state index is 0.135. The van der Waals surface area contributed by atoms with Crippen molar-refractivity contribution >= 4 is 23.6 Å². The largest absolute Gasteiger partial charge is 0.357 e. The van der Waals surface area contributed by atoms with Gasteiger partial charge in [-0.1, -0.05) is 30.3 Å². The number of amides is 1. The Morgan fingerprint density at radius 3 is 2.73 bits per heavy atom. The van der Waals surface area contributed by atoms with Crippen LogP contribution < -0.4 is 10.6 Å². The fourth-order valence-electron chi connectivity index (χ4n) is 2.97. The molecule has 0 aromatic heterocycles. The van der Waals surface area contributed by atoms with E-state index in [4.69, 9.17) is 4.99 Å². The molecule has 1 aliphatic heterocycles. The quantitative estimate of drug-likeness (QED) is 0.541. The molecule has 26 heavy (non-hydrogen) atoms. The van der Waals surface area contributed by atoms with Crippen molar-refractivity contribution in [1.82, 2.24) is 15.5 Å². The summed E-state index contributed by atoms with van der Waals surface area (Å²) in [7, 11) is 1.85. The van der Waals surface area contributed by atoms with Gasteiger partial charge in [0.15, 0.2) is 5.96 Å². The van der Waals surface area contributed by atoms with Gasteiger partial charge in [0.25, 0.3) is 0 Å². The number of rotatable bonds is 8. The number of hydrogen-bond donors (Lipinski definition) is 2. The van der Waals surface area contributed by atoms with Gasteiger partial charge >= 0.3 is 0 Å². The van der Waals surface area contributed by atoms with Crippen LogP contribution in [0.15, 0.2) is 35.3 Å². The number of guanidine groups is 1. The first-order chi connectivity index (χ1) is 12.5. The van der Waals surface area contributed by atoms with Gasteiger partial charge in [-0.3, -0.25) is 9.79 Å². The van der Waals surface area contributed by atoms with Gasteiger partial charge in [0.2, 0.25) is 5.91 Å². The van der Waals surface area contributed by atoms with Crippen LogP contribution in [0.25, 0.3) is 0 Å². The van der Waals surface area contributed by atoms with E-state index in [0.717, 1.165) is 24.6 Å². The number of nitrogens with zero attached hydrogens (tertiary/aromatic N) is 2. The van der Waals surface area contributed by atoms with E-state index in [-0.39, 0.29) is 10.7 Å². The van der Waals surface area contributed by atoms with Gasteiger partial charge in [-0.15, -0.1) is 0 Å². The third-order valence-electron chi connectivity index (χ3n) is 4.54. The monoisotopic (exact) mass is 376 g/mol. The van der Waals surface area contributed by atoms with E-state index in [1.165, 1.54) is 18.6 Å². The maximum atomic E-state index is 12.3. The van der Waals surface area contributed by atoms with Crippen molar-refractivity contribution in [2.75, 3.05) is 32.4 Å². The topological polar surface area (TPSA) is 56.7 Å². The van der Waals surface area contributed by atoms with Gasteiger partial charge in [0.05, 0.1) is 6.54 Å². The summed E-state index contributed by atoms with van der Waals surface area (Å²) in [5, 5.41) is 6.56. The summed E-state index contributed by atoms with van der Waals surface area (Å²) in [6.07, 6.45) is 2.96. The molecule has 1 fully saturated rings. The molecule has 0 bridgehead atoms. The van der Waals surface area contributed by atoms with Crippen LogP contribution in [0.1, 0.15) is 38.7 Å². The van der Waals surface area contributed by atoms with Crippen molar-refractivity contribution in [3.8, 4) is 0 Å². The summed E-state index contributed by atoms with van der Waals surface area (Å²) in [6.45, 7) is 7.21. The number of thioether (sulfide) groups is 1. The molecule has 1 unspecified atom stereocenters.